The fourth-order valence-corrected chi connectivity index (χ4v) is 3.14. The lowest BCUT2D eigenvalue weighted by Gasteiger charge is -2.31. The quantitative estimate of drug-likeness (QED) is 0.797. The molecule has 0 atom stereocenters. The van der Waals surface area contributed by atoms with Gasteiger partial charge in [-0.25, -0.2) is 0 Å². The number of anilines is 1. The molecule has 0 radical (unpaired) electrons. The zero-order chi connectivity index (χ0) is 18.4. The van der Waals surface area contributed by atoms with Crippen molar-refractivity contribution in [3.8, 4) is 12.3 Å². The number of hydrogen-bond acceptors (Lipinski definition) is 3. The summed E-state index contributed by atoms with van der Waals surface area (Å²) < 4.78 is 0. The average molecular weight is 382 g/mol. The molecule has 1 fully saturated rings. The summed E-state index contributed by atoms with van der Waals surface area (Å²) in [5.41, 5.74) is 0.544. The van der Waals surface area contributed by atoms with Gasteiger partial charge in [0.05, 0.1) is 23.1 Å². The van der Waals surface area contributed by atoms with Crippen LogP contribution in [0.4, 0.5) is 5.69 Å². The number of nitrogens with one attached hydrogen (secondary N) is 1. The minimum absolute atomic E-state index is 0.00959. The van der Waals surface area contributed by atoms with Crippen LogP contribution in [0.25, 0.3) is 0 Å². The van der Waals surface area contributed by atoms with Gasteiger partial charge in [-0.15, -0.1) is 6.42 Å². The number of halogens is 2. The van der Waals surface area contributed by atoms with E-state index in [9.17, 15) is 9.59 Å². The molecular weight excluding hydrogens is 361 g/mol. The number of terminal acetylenes is 1. The normalized spacial score (nSPS) is 15.4. The summed E-state index contributed by atoms with van der Waals surface area (Å²) in [4.78, 5) is 28.3. The molecule has 0 aromatic heterocycles. The van der Waals surface area contributed by atoms with Crippen molar-refractivity contribution in [3.05, 3.63) is 28.2 Å². The van der Waals surface area contributed by atoms with E-state index in [0.29, 0.717) is 22.3 Å². The van der Waals surface area contributed by atoms with Crippen molar-refractivity contribution in [2.24, 2.45) is 5.92 Å². The molecule has 2 amide bonds. The first-order valence-electron chi connectivity index (χ1n) is 8.06. The van der Waals surface area contributed by atoms with E-state index in [-0.39, 0.29) is 24.3 Å². The Morgan fingerprint density at radius 3 is 2.60 bits per heavy atom. The highest BCUT2D eigenvalue weighted by Gasteiger charge is 2.27. The summed E-state index contributed by atoms with van der Waals surface area (Å²) in [5, 5.41) is 3.50. The molecule has 2 rings (SSSR count). The van der Waals surface area contributed by atoms with Crippen molar-refractivity contribution in [1.29, 1.82) is 0 Å². The van der Waals surface area contributed by atoms with E-state index in [4.69, 9.17) is 29.6 Å². The van der Waals surface area contributed by atoms with Crippen LogP contribution in [0.5, 0.6) is 0 Å². The van der Waals surface area contributed by atoms with Crippen molar-refractivity contribution in [2.75, 3.05) is 38.5 Å². The Bertz CT molecular complexity index is 679. The van der Waals surface area contributed by atoms with Crippen molar-refractivity contribution >= 4 is 40.7 Å². The predicted molar refractivity (Wildman–Crippen MR) is 101 cm³/mol. The van der Waals surface area contributed by atoms with Crippen LogP contribution in [0.2, 0.25) is 10.0 Å². The van der Waals surface area contributed by atoms with Crippen LogP contribution >= 0.6 is 23.2 Å². The molecule has 1 aromatic carbocycles. The number of rotatable bonds is 5. The van der Waals surface area contributed by atoms with Crippen LogP contribution in [0, 0.1) is 18.3 Å². The first-order valence-corrected chi connectivity index (χ1v) is 8.82. The average Bonchev–Trinajstić information content (AvgIpc) is 2.58. The maximum atomic E-state index is 12.5. The fourth-order valence-electron chi connectivity index (χ4n) is 2.85. The number of likely N-dealkylation sites (N-methyl/N-ethyl adjacent to an activating group) is 1. The molecule has 1 heterocycles. The van der Waals surface area contributed by atoms with Crippen LogP contribution in [0.1, 0.15) is 12.8 Å². The Kier molecular flexibility index (Phi) is 7.12. The molecular formula is C18H21Cl2N3O2. The molecule has 0 saturated carbocycles. The van der Waals surface area contributed by atoms with E-state index in [1.54, 1.807) is 25.2 Å². The lowest BCUT2D eigenvalue weighted by Crippen LogP contribution is -2.43. The van der Waals surface area contributed by atoms with Gasteiger partial charge >= 0.3 is 0 Å². The highest BCUT2D eigenvalue weighted by atomic mass is 35.5. The Balaban J connectivity index is 1.83. The number of hydrogen-bond donors (Lipinski definition) is 1. The van der Waals surface area contributed by atoms with Crippen molar-refractivity contribution in [3.63, 3.8) is 0 Å². The van der Waals surface area contributed by atoms with Crippen LogP contribution in [0.15, 0.2) is 18.2 Å². The SMILES string of the molecule is C#CCN1CCC(C(=O)N(C)CC(=O)Nc2ccc(Cl)c(Cl)c2)CC1. The van der Waals surface area contributed by atoms with Crippen molar-refractivity contribution in [1.82, 2.24) is 9.80 Å². The molecule has 1 aliphatic heterocycles. The van der Waals surface area contributed by atoms with Crippen molar-refractivity contribution in [2.45, 2.75) is 12.8 Å². The zero-order valence-corrected chi connectivity index (χ0v) is 15.6. The molecule has 7 heteroatoms. The second kappa shape index (κ2) is 9.10. The summed E-state index contributed by atoms with van der Waals surface area (Å²) in [6.07, 6.45) is 6.84. The number of amides is 2. The lowest BCUT2D eigenvalue weighted by molar-refractivity contribution is -0.138. The van der Waals surface area contributed by atoms with E-state index in [1.807, 2.05) is 0 Å². The third kappa shape index (κ3) is 5.64. The van der Waals surface area contributed by atoms with Gasteiger partial charge in [0.2, 0.25) is 11.8 Å². The largest absolute Gasteiger partial charge is 0.336 e. The smallest absolute Gasteiger partial charge is 0.243 e. The van der Waals surface area contributed by atoms with Gasteiger partial charge in [-0.2, -0.15) is 0 Å². The maximum Gasteiger partial charge on any atom is 0.243 e. The lowest BCUT2D eigenvalue weighted by atomic mass is 9.95. The van der Waals surface area contributed by atoms with Crippen LogP contribution in [-0.4, -0.2) is 54.8 Å². The number of benzene rings is 1. The molecule has 0 unspecified atom stereocenters. The second-order valence-corrected chi connectivity index (χ2v) is 6.94. The third-order valence-electron chi connectivity index (χ3n) is 4.21. The number of likely N-dealkylation sites (tertiary alicyclic amines) is 1. The van der Waals surface area contributed by atoms with E-state index < -0.39 is 0 Å². The Labute approximate surface area is 158 Å². The monoisotopic (exact) mass is 381 g/mol. The van der Waals surface area contributed by atoms with Gasteiger partial charge in [0, 0.05) is 18.7 Å². The highest BCUT2D eigenvalue weighted by Crippen LogP contribution is 2.25. The molecule has 1 aliphatic rings. The number of carbonyl (C=O) groups is 2. The minimum atomic E-state index is -0.279. The Morgan fingerprint density at radius 2 is 2.00 bits per heavy atom. The first kappa shape index (κ1) is 19.6. The van der Waals surface area contributed by atoms with Crippen LogP contribution in [0.3, 0.4) is 0 Å². The summed E-state index contributed by atoms with van der Waals surface area (Å²) in [6, 6.07) is 4.85. The number of piperidine rings is 1. The highest BCUT2D eigenvalue weighted by molar-refractivity contribution is 6.42. The molecule has 0 spiro atoms. The van der Waals surface area contributed by atoms with Crippen LogP contribution in [-0.2, 0) is 9.59 Å². The van der Waals surface area contributed by atoms with Crippen LogP contribution < -0.4 is 5.32 Å². The maximum absolute atomic E-state index is 12.5. The molecule has 134 valence electrons. The van der Waals surface area contributed by atoms with Gasteiger partial charge in [0.1, 0.15) is 0 Å². The van der Waals surface area contributed by atoms with E-state index in [0.717, 1.165) is 25.9 Å². The molecule has 25 heavy (non-hydrogen) atoms. The Hall–Kier alpha value is -1.74. The van der Waals surface area contributed by atoms with Gasteiger partial charge in [0.15, 0.2) is 0 Å². The van der Waals surface area contributed by atoms with Gasteiger partial charge < -0.3 is 10.2 Å². The van der Waals surface area contributed by atoms with E-state index in [1.165, 1.54) is 4.90 Å². The zero-order valence-electron chi connectivity index (χ0n) is 14.1. The number of nitrogens with zero attached hydrogens (tertiary/aromatic N) is 2. The standard InChI is InChI=1S/C18H21Cl2N3O2/c1-3-8-23-9-6-13(7-10-23)18(25)22(2)12-17(24)21-14-4-5-15(19)16(20)11-14/h1,4-5,11,13H,6-10,12H2,2H3,(H,21,24). The minimum Gasteiger partial charge on any atom is -0.336 e. The molecule has 1 aromatic rings. The van der Waals surface area contributed by atoms with Crippen molar-refractivity contribution < 1.29 is 9.59 Å². The third-order valence-corrected chi connectivity index (χ3v) is 4.95. The molecule has 0 bridgehead atoms. The summed E-state index contributed by atoms with van der Waals surface area (Å²) >= 11 is 11.8. The number of carbonyl (C=O) groups excluding carboxylic acids is 2. The fraction of sp³-hybridized carbons (Fsp3) is 0.444. The van der Waals surface area contributed by atoms with Gasteiger partial charge in [-0.3, -0.25) is 14.5 Å². The summed E-state index contributed by atoms with van der Waals surface area (Å²) in [5.74, 6) is 2.27. The van der Waals surface area contributed by atoms with E-state index in [2.05, 4.69) is 16.1 Å². The van der Waals surface area contributed by atoms with Gasteiger partial charge in [0.25, 0.3) is 0 Å². The molecule has 1 N–H and O–H groups in total. The van der Waals surface area contributed by atoms with Gasteiger partial charge in [-0.1, -0.05) is 29.1 Å². The molecule has 1 saturated heterocycles. The molecule has 5 nitrogen and oxygen atoms in total. The predicted octanol–water partition coefficient (Wildman–Crippen LogP) is 2.74. The van der Waals surface area contributed by atoms with Gasteiger partial charge in [-0.05, 0) is 44.1 Å². The molecule has 0 aliphatic carbocycles. The second-order valence-electron chi connectivity index (χ2n) is 6.13. The Morgan fingerprint density at radius 1 is 1.32 bits per heavy atom. The summed E-state index contributed by atoms with van der Waals surface area (Å²) in [6.45, 7) is 2.22. The topological polar surface area (TPSA) is 52.7 Å². The van der Waals surface area contributed by atoms with E-state index >= 15 is 0 Å². The summed E-state index contributed by atoms with van der Waals surface area (Å²) in [7, 11) is 1.64. The first-order chi connectivity index (χ1) is 11.9.